The summed E-state index contributed by atoms with van der Waals surface area (Å²) in [6.45, 7) is 4.80. The maximum atomic E-state index is 13.8. The van der Waals surface area contributed by atoms with E-state index in [-0.39, 0.29) is 17.2 Å². The predicted molar refractivity (Wildman–Crippen MR) is 157 cm³/mol. The lowest BCUT2D eigenvalue weighted by atomic mass is 9.74. The SMILES string of the molecule is CC#CCN[C@@]1(c2ccccc2)CCCN(n2c(=O)[nH]c3nc[nH]c3c2=O)C1Cc1nc(C)cc2ccccc12. The molecular weight excluding hydrogens is 502 g/mol. The Hall–Kier alpha value is -4.68. The molecule has 0 bridgehead atoms. The zero-order valence-corrected chi connectivity index (χ0v) is 22.6. The van der Waals surface area contributed by atoms with Gasteiger partial charge in [-0.25, -0.2) is 9.78 Å². The lowest BCUT2D eigenvalue weighted by molar-refractivity contribution is 0.180. The summed E-state index contributed by atoms with van der Waals surface area (Å²) >= 11 is 0. The molecule has 1 saturated heterocycles. The number of benzene rings is 2. The number of H-pyrrole nitrogens is 2. The van der Waals surface area contributed by atoms with E-state index in [1.54, 1.807) is 0 Å². The van der Waals surface area contributed by atoms with Gasteiger partial charge in [0.15, 0.2) is 11.2 Å². The van der Waals surface area contributed by atoms with Gasteiger partial charge >= 0.3 is 11.2 Å². The number of piperidine rings is 1. The van der Waals surface area contributed by atoms with Crippen molar-refractivity contribution in [1.82, 2.24) is 29.9 Å². The molecule has 0 spiro atoms. The van der Waals surface area contributed by atoms with E-state index >= 15 is 0 Å². The molecule has 5 aromatic rings. The zero-order valence-electron chi connectivity index (χ0n) is 22.6. The maximum absolute atomic E-state index is 13.8. The van der Waals surface area contributed by atoms with E-state index in [1.807, 2.05) is 49.2 Å². The van der Waals surface area contributed by atoms with Crippen molar-refractivity contribution in [3.05, 3.63) is 105 Å². The van der Waals surface area contributed by atoms with Crippen LogP contribution in [0.5, 0.6) is 0 Å². The van der Waals surface area contributed by atoms with Gasteiger partial charge in [0.1, 0.15) is 0 Å². The first-order chi connectivity index (χ1) is 19.5. The van der Waals surface area contributed by atoms with Crippen LogP contribution in [0, 0.1) is 18.8 Å². The quantitative estimate of drug-likeness (QED) is 0.289. The topological polar surface area (TPSA) is 112 Å². The Bertz CT molecular complexity index is 1860. The maximum Gasteiger partial charge on any atom is 0.349 e. The molecular formula is C31H31N7O2. The minimum atomic E-state index is -0.620. The van der Waals surface area contributed by atoms with Crippen molar-refractivity contribution in [2.24, 2.45) is 0 Å². The Labute approximate surface area is 231 Å². The van der Waals surface area contributed by atoms with Crippen LogP contribution in [0.2, 0.25) is 0 Å². The molecule has 6 rings (SSSR count). The molecule has 202 valence electrons. The van der Waals surface area contributed by atoms with Gasteiger partial charge in [-0.1, -0.05) is 60.5 Å². The molecule has 2 aromatic carbocycles. The number of nitrogens with zero attached hydrogens (tertiary/aromatic N) is 4. The molecule has 0 aliphatic carbocycles. The van der Waals surface area contributed by atoms with Gasteiger partial charge in [-0.3, -0.25) is 25.1 Å². The molecule has 0 radical (unpaired) electrons. The molecule has 1 aliphatic heterocycles. The van der Waals surface area contributed by atoms with Gasteiger partial charge in [-0.15, -0.1) is 5.92 Å². The summed E-state index contributed by atoms with van der Waals surface area (Å²) in [7, 11) is 0. The number of aromatic amines is 2. The van der Waals surface area contributed by atoms with E-state index in [2.05, 4.69) is 62.4 Å². The Morgan fingerprint density at radius 3 is 2.75 bits per heavy atom. The Morgan fingerprint density at radius 1 is 1.12 bits per heavy atom. The van der Waals surface area contributed by atoms with Crippen molar-refractivity contribution in [3.63, 3.8) is 0 Å². The number of pyridine rings is 1. The van der Waals surface area contributed by atoms with Gasteiger partial charge in [0.2, 0.25) is 0 Å². The third-order valence-corrected chi connectivity index (χ3v) is 7.90. The van der Waals surface area contributed by atoms with Gasteiger partial charge in [0.25, 0.3) is 0 Å². The summed E-state index contributed by atoms with van der Waals surface area (Å²) in [4.78, 5) is 42.0. The smallest absolute Gasteiger partial charge is 0.339 e. The van der Waals surface area contributed by atoms with Gasteiger partial charge in [-0.05, 0) is 43.7 Å². The second-order valence-electron chi connectivity index (χ2n) is 10.2. The third kappa shape index (κ3) is 4.36. The number of hydrogen-bond donors (Lipinski definition) is 3. The van der Waals surface area contributed by atoms with E-state index in [4.69, 9.17) is 4.98 Å². The fraction of sp³-hybridized carbons (Fsp3) is 0.290. The minimum absolute atomic E-state index is 0.247. The number of nitrogens with one attached hydrogen (secondary N) is 3. The van der Waals surface area contributed by atoms with Crippen molar-refractivity contribution in [1.29, 1.82) is 0 Å². The first-order valence-corrected chi connectivity index (χ1v) is 13.5. The van der Waals surface area contributed by atoms with E-state index < -0.39 is 16.8 Å². The largest absolute Gasteiger partial charge is 0.349 e. The van der Waals surface area contributed by atoms with Crippen LogP contribution in [0.15, 0.2) is 76.6 Å². The highest BCUT2D eigenvalue weighted by Gasteiger charge is 2.47. The molecule has 1 aliphatic rings. The number of rotatable bonds is 6. The molecule has 9 heteroatoms. The first kappa shape index (κ1) is 25.6. The molecule has 2 atom stereocenters. The lowest BCUT2D eigenvalue weighted by Gasteiger charge is -2.51. The molecule has 9 nitrogen and oxygen atoms in total. The van der Waals surface area contributed by atoms with Crippen molar-refractivity contribution in [3.8, 4) is 11.8 Å². The number of imidazole rings is 1. The summed E-state index contributed by atoms with van der Waals surface area (Å²) < 4.78 is 1.24. The van der Waals surface area contributed by atoms with Crippen LogP contribution in [0.25, 0.3) is 21.9 Å². The lowest BCUT2D eigenvalue weighted by Crippen LogP contribution is -2.69. The second-order valence-corrected chi connectivity index (χ2v) is 10.2. The highest BCUT2D eigenvalue weighted by molar-refractivity contribution is 5.85. The first-order valence-electron chi connectivity index (χ1n) is 13.5. The van der Waals surface area contributed by atoms with E-state index in [0.717, 1.165) is 40.6 Å². The molecule has 1 fully saturated rings. The van der Waals surface area contributed by atoms with Crippen molar-refractivity contribution < 1.29 is 0 Å². The molecule has 0 amide bonds. The number of aryl methyl sites for hydroxylation is 1. The van der Waals surface area contributed by atoms with E-state index in [9.17, 15) is 9.59 Å². The molecule has 0 saturated carbocycles. The van der Waals surface area contributed by atoms with Crippen LogP contribution in [-0.4, -0.2) is 43.7 Å². The van der Waals surface area contributed by atoms with Gasteiger partial charge in [-0.2, -0.15) is 4.68 Å². The molecule has 1 unspecified atom stereocenters. The summed E-state index contributed by atoms with van der Waals surface area (Å²) in [5.74, 6) is 6.16. The minimum Gasteiger partial charge on any atom is -0.339 e. The average Bonchev–Trinajstić information content (AvgIpc) is 3.44. The third-order valence-electron chi connectivity index (χ3n) is 7.90. The van der Waals surface area contributed by atoms with Gasteiger partial charge < -0.3 is 4.98 Å². The fourth-order valence-electron chi connectivity index (χ4n) is 6.18. The molecule has 3 N–H and O–H groups in total. The van der Waals surface area contributed by atoms with E-state index in [0.29, 0.717) is 19.5 Å². The summed E-state index contributed by atoms with van der Waals surface area (Å²) in [6.07, 6.45) is 3.47. The molecule has 4 heterocycles. The van der Waals surface area contributed by atoms with Crippen LogP contribution < -0.4 is 21.6 Å². The summed E-state index contributed by atoms with van der Waals surface area (Å²) in [5, 5.41) is 7.85. The van der Waals surface area contributed by atoms with Gasteiger partial charge in [0, 0.05) is 24.0 Å². The zero-order chi connectivity index (χ0) is 27.7. The molecule has 3 aromatic heterocycles. The Kier molecular flexibility index (Phi) is 6.70. The van der Waals surface area contributed by atoms with Crippen LogP contribution in [-0.2, 0) is 12.0 Å². The number of aromatic nitrogens is 5. The van der Waals surface area contributed by atoms with Crippen molar-refractivity contribution in [2.75, 3.05) is 18.1 Å². The van der Waals surface area contributed by atoms with Crippen LogP contribution in [0.1, 0.15) is 36.7 Å². The molecule has 40 heavy (non-hydrogen) atoms. The van der Waals surface area contributed by atoms with Crippen LogP contribution in [0.3, 0.4) is 0 Å². The predicted octanol–water partition coefficient (Wildman–Crippen LogP) is 3.12. The fourth-order valence-corrected chi connectivity index (χ4v) is 6.18. The highest BCUT2D eigenvalue weighted by Crippen LogP contribution is 2.38. The standard InChI is InChI=1S/C31H31N7O2/c1-3-4-16-34-31(23-12-6-5-7-13-23)15-10-17-37(38-29(39)27-28(33-20-32-27)36-30(38)40)26(31)19-25-24-14-9-8-11-22(24)18-21(2)35-25/h5-9,11-14,18,20,26,34H,10,15-17,19H2,1-2H3,(H,32,33)(H,36,40)/t26?,31-/m1/s1. The Morgan fingerprint density at radius 2 is 1.93 bits per heavy atom. The highest BCUT2D eigenvalue weighted by atomic mass is 16.2. The van der Waals surface area contributed by atoms with Crippen molar-refractivity contribution in [2.45, 2.75) is 44.7 Å². The summed E-state index contributed by atoms with van der Waals surface area (Å²) in [6, 6.07) is 20.2. The Balaban J connectivity index is 1.60. The average molecular weight is 534 g/mol. The van der Waals surface area contributed by atoms with Crippen LogP contribution in [0.4, 0.5) is 0 Å². The summed E-state index contributed by atoms with van der Waals surface area (Å²) in [5.41, 5.74) is 1.85. The van der Waals surface area contributed by atoms with Gasteiger partial charge in [0.05, 0.1) is 30.1 Å². The number of fused-ring (bicyclic) bond motifs is 2. The normalized spacial score (nSPS) is 19.1. The monoisotopic (exact) mass is 533 g/mol. The second kappa shape index (κ2) is 10.5. The van der Waals surface area contributed by atoms with Crippen molar-refractivity contribution >= 4 is 21.9 Å². The van der Waals surface area contributed by atoms with Crippen LogP contribution >= 0.6 is 0 Å². The number of hydrogen-bond acceptors (Lipinski definition) is 6. The van der Waals surface area contributed by atoms with E-state index in [1.165, 1.54) is 11.0 Å².